The van der Waals surface area contributed by atoms with E-state index < -0.39 is 0 Å². The molecule has 0 radical (unpaired) electrons. The predicted molar refractivity (Wildman–Crippen MR) is 107 cm³/mol. The molecule has 2 heterocycles. The average molecular weight is 363 g/mol. The fraction of sp³-hybridized carbons (Fsp3) is 0.143. The van der Waals surface area contributed by atoms with Crippen molar-refractivity contribution in [3.8, 4) is 0 Å². The lowest BCUT2D eigenvalue weighted by atomic mass is 10.1. The van der Waals surface area contributed by atoms with Crippen LogP contribution < -0.4 is 5.32 Å². The van der Waals surface area contributed by atoms with Gasteiger partial charge in [-0.1, -0.05) is 35.9 Å². The maximum absolute atomic E-state index is 6.17. The number of fused-ring (bicyclic) bond motifs is 1. The summed E-state index contributed by atoms with van der Waals surface area (Å²) < 4.78 is 2.06. The van der Waals surface area contributed by atoms with Crippen LogP contribution in [0.25, 0.3) is 11.0 Å². The number of hydrogen-bond acceptors (Lipinski definition) is 3. The summed E-state index contributed by atoms with van der Waals surface area (Å²) >= 11 is 6.17. The molecule has 0 atom stereocenters. The average Bonchev–Trinajstić information content (AvgIpc) is 2.98. The van der Waals surface area contributed by atoms with Gasteiger partial charge in [0.2, 0.25) is 5.95 Å². The Balaban J connectivity index is 1.45. The molecule has 0 saturated carbocycles. The molecular weight excluding hydrogens is 344 g/mol. The highest BCUT2D eigenvalue weighted by Gasteiger charge is 2.07. The van der Waals surface area contributed by atoms with E-state index in [9.17, 15) is 0 Å². The number of imidazole rings is 1. The SMILES string of the molecule is Cn1c(Nc2ccc(CCc3ncccc3Cl)cc2)nc2ccccc21. The van der Waals surface area contributed by atoms with Crippen LogP contribution in [0, 0.1) is 0 Å². The molecule has 0 unspecified atom stereocenters. The standard InChI is InChI=1S/C21H19ClN4/c1-26-20-7-3-2-6-19(20)25-21(26)24-16-11-8-15(9-12-16)10-13-18-17(22)5-4-14-23-18/h2-9,11-12,14H,10,13H2,1H3,(H,24,25). The summed E-state index contributed by atoms with van der Waals surface area (Å²) in [6.07, 6.45) is 3.52. The van der Waals surface area contributed by atoms with Crippen molar-refractivity contribution < 1.29 is 0 Å². The number of halogens is 1. The summed E-state index contributed by atoms with van der Waals surface area (Å²) in [5.74, 6) is 0.833. The Morgan fingerprint density at radius 3 is 2.54 bits per heavy atom. The van der Waals surface area contributed by atoms with E-state index in [-0.39, 0.29) is 0 Å². The van der Waals surface area contributed by atoms with Crippen LogP contribution in [-0.4, -0.2) is 14.5 Å². The van der Waals surface area contributed by atoms with Gasteiger partial charge in [-0.25, -0.2) is 4.98 Å². The molecule has 4 aromatic rings. The molecule has 0 spiro atoms. The molecule has 0 aliphatic heterocycles. The molecule has 0 aliphatic rings. The van der Waals surface area contributed by atoms with Crippen molar-refractivity contribution in [2.24, 2.45) is 7.05 Å². The van der Waals surface area contributed by atoms with Gasteiger partial charge in [0.15, 0.2) is 0 Å². The van der Waals surface area contributed by atoms with Crippen LogP contribution in [0.4, 0.5) is 11.6 Å². The molecule has 0 fully saturated rings. The second-order valence-corrected chi connectivity index (χ2v) is 6.64. The van der Waals surface area contributed by atoms with E-state index in [1.54, 1.807) is 6.20 Å². The zero-order valence-electron chi connectivity index (χ0n) is 14.5. The van der Waals surface area contributed by atoms with E-state index in [2.05, 4.69) is 50.2 Å². The number of hydrogen-bond donors (Lipinski definition) is 1. The smallest absolute Gasteiger partial charge is 0.208 e. The quantitative estimate of drug-likeness (QED) is 0.533. The number of benzene rings is 2. The summed E-state index contributed by atoms with van der Waals surface area (Å²) in [7, 11) is 2.02. The van der Waals surface area contributed by atoms with Crippen molar-refractivity contribution in [3.63, 3.8) is 0 Å². The van der Waals surface area contributed by atoms with Crippen molar-refractivity contribution in [2.45, 2.75) is 12.8 Å². The van der Waals surface area contributed by atoms with E-state index in [0.717, 1.165) is 46.2 Å². The third kappa shape index (κ3) is 3.41. The van der Waals surface area contributed by atoms with Crippen LogP contribution in [0.3, 0.4) is 0 Å². The number of aromatic nitrogens is 3. The molecule has 0 bridgehead atoms. The van der Waals surface area contributed by atoms with Gasteiger partial charge in [-0.2, -0.15) is 0 Å². The first-order valence-electron chi connectivity index (χ1n) is 8.57. The molecule has 4 rings (SSSR count). The summed E-state index contributed by atoms with van der Waals surface area (Å²) in [4.78, 5) is 8.99. The second kappa shape index (κ2) is 7.18. The highest BCUT2D eigenvalue weighted by molar-refractivity contribution is 6.31. The van der Waals surface area contributed by atoms with E-state index in [0.29, 0.717) is 0 Å². The highest BCUT2D eigenvalue weighted by Crippen LogP contribution is 2.22. The largest absolute Gasteiger partial charge is 0.326 e. The van der Waals surface area contributed by atoms with Crippen molar-refractivity contribution >= 4 is 34.3 Å². The molecule has 0 saturated heterocycles. The summed E-state index contributed by atoms with van der Waals surface area (Å²) in [6, 6.07) is 20.3. The molecule has 0 amide bonds. The molecule has 5 heteroatoms. The molecule has 130 valence electrons. The number of nitrogens with one attached hydrogen (secondary N) is 1. The van der Waals surface area contributed by atoms with Gasteiger partial charge in [-0.05, 0) is 54.8 Å². The van der Waals surface area contributed by atoms with Gasteiger partial charge in [-0.3, -0.25) is 4.98 Å². The minimum absolute atomic E-state index is 0.729. The minimum atomic E-state index is 0.729. The van der Waals surface area contributed by atoms with Gasteiger partial charge in [-0.15, -0.1) is 0 Å². The Morgan fingerprint density at radius 2 is 1.77 bits per heavy atom. The lowest BCUT2D eigenvalue weighted by Gasteiger charge is -2.08. The third-order valence-corrected chi connectivity index (χ3v) is 4.83. The lowest BCUT2D eigenvalue weighted by molar-refractivity contribution is 0.914. The van der Waals surface area contributed by atoms with Crippen LogP contribution in [-0.2, 0) is 19.9 Å². The minimum Gasteiger partial charge on any atom is -0.326 e. The fourth-order valence-electron chi connectivity index (χ4n) is 3.01. The van der Waals surface area contributed by atoms with E-state index in [4.69, 9.17) is 11.6 Å². The Bertz CT molecular complexity index is 1040. The summed E-state index contributed by atoms with van der Waals surface area (Å²) in [5, 5.41) is 4.12. The lowest BCUT2D eigenvalue weighted by Crippen LogP contribution is -1.99. The monoisotopic (exact) mass is 362 g/mol. The van der Waals surface area contributed by atoms with Crippen molar-refractivity contribution in [1.29, 1.82) is 0 Å². The Hall–Kier alpha value is -2.85. The number of aryl methyl sites for hydroxylation is 3. The number of pyridine rings is 1. The Morgan fingerprint density at radius 1 is 0.962 bits per heavy atom. The molecule has 2 aromatic heterocycles. The first-order chi connectivity index (χ1) is 12.7. The maximum atomic E-state index is 6.17. The molecule has 0 aliphatic carbocycles. The van der Waals surface area contributed by atoms with Gasteiger partial charge in [0, 0.05) is 18.9 Å². The van der Waals surface area contributed by atoms with Gasteiger partial charge < -0.3 is 9.88 Å². The zero-order valence-corrected chi connectivity index (χ0v) is 15.2. The molecule has 26 heavy (non-hydrogen) atoms. The van der Waals surface area contributed by atoms with Crippen LogP contribution in [0.1, 0.15) is 11.3 Å². The molecule has 4 nitrogen and oxygen atoms in total. The molecule has 1 N–H and O–H groups in total. The van der Waals surface area contributed by atoms with Crippen LogP contribution in [0.5, 0.6) is 0 Å². The molecular formula is C21H19ClN4. The molecule has 2 aromatic carbocycles. The Kier molecular flexibility index (Phi) is 4.59. The van der Waals surface area contributed by atoms with Crippen molar-refractivity contribution in [2.75, 3.05) is 5.32 Å². The first-order valence-corrected chi connectivity index (χ1v) is 8.95. The summed E-state index contributed by atoms with van der Waals surface area (Å²) in [6.45, 7) is 0. The van der Waals surface area contributed by atoms with Gasteiger partial charge in [0.1, 0.15) is 0 Å². The number of rotatable bonds is 5. The van der Waals surface area contributed by atoms with Gasteiger partial charge in [0.05, 0.1) is 21.7 Å². The second-order valence-electron chi connectivity index (χ2n) is 6.24. The van der Waals surface area contributed by atoms with Crippen LogP contribution >= 0.6 is 11.6 Å². The predicted octanol–water partition coefficient (Wildman–Crippen LogP) is 5.15. The van der Waals surface area contributed by atoms with Crippen molar-refractivity contribution in [1.82, 2.24) is 14.5 Å². The fourth-order valence-corrected chi connectivity index (χ4v) is 3.22. The van der Waals surface area contributed by atoms with E-state index >= 15 is 0 Å². The van der Waals surface area contributed by atoms with Gasteiger partial charge >= 0.3 is 0 Å². The topological polar surface area (TPSA) is 42.7 Å². The van der Waals surface area contributed by atoms with Gasteiger partial charge in [0.25, 0.3) is 0 Å². The third-order valence-electron chi connectivity index (χ3n) is 4.48. The van der Waals surface area contributed by atoms with E-state index in [1.165, 1.54) is 5.56 Å². The number of nitrogens with zero attached hydrogens (tertiary/aromatic N) is 3. The normalized spacial score (nSPS) is 11.0. The summed E-state index contributed by atoms with van der Waals surface area (Å²) in [5.41, 5.74) is 5.31. The van der Waals surface area contributed by atoms with Crippen LogP contribution in [0.2, 0.25) is 5.02 Å². The first kappa shape index (κ1) is 16.6. The highest BCUT2D eigenvalue weighted by atomic mass is 35.5. The number of anilines is 2. The van der Waals surface area contributed by atoms with Crippen molar-refractivity contribution in [3.05, 3.63) is 83.1 Å². The number of para-hydroxylation sites is 2. The van der Waals surface area contributed by atoms with E-state index in [1.807, 2.05) is 37.4 Å². The Labute approximate surface area is 157 Å². The van der Waals surface area contributed by atoms with Crippen LogP contribution in [0.15, 0.2) is 66.9 Å². The zero-order chi connectivity index (χ0) is 17.9. The maximum Gasteiger partial charge on any atom is 0.208 e.